The Labute approximate surface area is 255 Å². The van der Waals surface area contributed by atoms with Crippen LogP contribution in [0.1, 0.15) is 27.0 Å². The van der Waals surface area contributed by atoms with Gasteiger partial charge >= 0.3 is 18.1 Å². The number of quaternary nitrogens is 1. The van der Waals surface area contributed by atoms with E-state index in [-0.39, 0.29) is 28.4 Å². The Morgan fingerprint density at radius 2 is 1.67 bits per heavy atom. The monoisotopic (exact) mass is 634 g/mol. The van der Waals surface area contributed by atoms with E-state index in [4.69, 9.17) is 28.0 Å². The second-order valence-corrected chi connectivity index (χ2v) is 11.3. The van der Waals surface area contributed by atoms with Crippen LogP contribution < -0.4 is 4.65 Å². The molecule has 2 aliphatic rings. The lowest BCUT2D eigenvalue weighted by Crippen LogP contribution is -2.58. The van der Waals surface area contributed by atoms with E-state index in [0.717, 1.165) is 29.4 Å². The number of halogens is 5. The number of likely N-dealkylation sites (N-methyl/N-ethyl adjacent to an activating group) is 2. The van der Waals surface area contributed by atoms with E-state index in [0.29, 0.717) is 10.6 Å². The van der Waals surface area contributed by atoms with Crippen LogP contribution >= 0.6 is 23.2 Å². The van der Waals surface area contributed by atoms with Gasteiger partial charge in [-0.3, -0.25) is 19.1 Å². The minimum absolute atomic E-state index is 0.0739. The van der Waals surface area contributed by atoms with Gasteiger partial charge in [-0.2, -0.15) is 13.2 Å². The lowest BCUT2D eigenvalue weighted by atomic mass is 10.1. The summed E-state index contributed by atoms with van der Waals surface area (Å²) in [6.45, 7) is 0.305. The first-order valence-corrected chi connectivity index (χ1v) is 14.0. The highest BCUT2D eigenvalue weighted by Gasteiger charge is 2.55. The Balaban J connectivity index is 1.60. The molecule has 13 heteroatoms. The van der Waals surface area contributed by atoms with Crippen LogP contribution in [-0.2, 0) is 27.5 Å². The molecule has 0 saturated heterocycles. The summed E-state index contributed by atoms with van der Waals surface area (Å²) in [5, 5.41) is 0.480. The third-order valence-corrected chi connectivity index (χ3v) is 8.13. The number of hydroxylamine groups is 2. The average molecular weight is 635 g/mol. The zero-order valence-electron chi connectivity index (χ0n) is 23.2. The molecule has 2 aliphatic heterocycles. The average Bonchev–Trinajstić information content (AvgIpc) is 3.24. The minimum Gasteiger partial charge on any atom is -0.320 e. The summed E-state index contributed by atoms with van der Waals surface area (Å²) in [6, 6.07) is 17.2. The third kappa shape index (κ3) is 5.97. The van der Waals surface area contributed by atoms with Crippen LogP contribution in [0.3, 0.4) is 0 Å². The van der Waals surface area contributed by atoms with Crippen molar-refractivity contribution in [2.75, 3.05) is 33.7 Å². The maximum Gasteiger partial charge on any atom is 0.497 e. The minimum atomic E-state index is -5.40. The zero-order valence-corrected chi connectivity index (χ0v) is 24.7. The van der Waals surface area contributed by atoms with Crippen molar-refractivity contribution in [1.82, 2.24) is 14.4 Å². The number of hydrogen-bond acceptors (Lipinski definition) is 5. The number of rotatable bonds is 5. The number of carbonyl (C=O) groups excluding carboxylic acids is 3. The molecule has 1 atom stereocenters. The number of hydrogen-bond donors (Lipinski definition) is 0. The largest absolute Gasteiger partial charge is 0.497 e. The van der Waals surface area contributed by atoms with Crippen LogP contribution in [0.4, 0.5) is 18.9 Å². The van der Waals surface area contributed by atoms with Crippen molar-refractivity contribution >= 4 is 52.5 Å². The molecule has 0 N–H and O–H groups in total. The molecular formula is C30H27Cl2F3N4O4+2. The molecule has 43 heavy (non-hydrogen) atoms. The first kappa shape index (κ1) is 30.5. The van der Waals surface area contributed by atoms with Gasteiger partial charge in [0.15, 0.2) is 12.2 Å². The van der Waals surface area contributed by atoms with Gasteiger partial charge in [0, 0.05) is 22.2 Å². The number of alkyl halides is 3. The first-order valence-electron chi connectivity index (χ1n) is 13.2. The van der Waals surface area contributed by atoms with E-state index >= 15 is 0 Å². The maximum absolute atomic E-state index is 14.1. The van der Waals surface area contributed by atoms with E-state index < -0.39 is 41.7 Å². The summed E-state index contributed by atoms with van der Waals surface area (Å²) in [5.74, 6) is -3.12. The summed E-state index contributed by atoms with van der Waals surface area (Å²) in [7, 11) is 3.91. The fourth-order valence-electron chi connectivity index (χ4n) is 5.38. The highest BCUT2D eigenvalue weighted by Crippen LogP contribution is 2.40. The van der Waals surface area contributed by atoms with Crippen molar-refractivity contribution in [3.8, 4) is 0 Å². The van der Waals surface area contributed by atoms with E-state index in [1.54, 1.807) is 24.3 Å². The van der Waals surface area contributed by atoms with Crippen LogP contribution in [-0.4, -0.2) is 77.9 Å². The molecule has 5 rings (SSSR count). The van der Waals surface area contributed by atoms with Gasteiger partial charge in [0.25, 0.3) is 11.7 Å². The lowest BCUT2D eigenvalue weighted by molar-refractivity contribution is -0.486. The van der Waals surface area contributed by atoms with E-state index in [9.17, 15) is 27.6 Å². The van der Waals surface area contributed by atoms with Gasteiger partial charge in [-0.05, 0) is 47.1 Å². The van der Waals surface area contributed by atoms with Crippen LogP contribution in [0, 0.1) is 0 Å². The van der Waals surface area contributed by atoms with Crippen molar-refractivity contribution in [2.45, 2.75) is 19.3 Å². The van der Waals surface area contributed by atoms with Crippen molar-refractivity contribution in [3.05, 3.63) is 99.0 Å². The lowest BCUT2D eigenvalue weighted by Gasteiger charge is -2.32. The van der Waals surface area contributed by atoms with Gasteiger partial charge in [0.2, 0.25) is 0 Å². The maximum atomic E-state index is 14.1. The Bertz CT molecular complexity index is 1630. The molecule has 0 spiro atoms. The molecule has 0 saturated carbocycles. The number of fused-ring (bicyclic) bond motifs is 1. The molecule has 8 nitrogen and oxygen atoms in total. The summed E-state index contributed by atoms with van der Waals surface area (Å²) in [4.78, 5) is 48.3. The van der Waals surface area contributed by atoms with Gasteiger partial charge in [-0.25, -0.2) is 9.59 Å². The molecule has 2 amide bonds. The SMILES string of the molecule is CN1CC[N+](C)=C1c1ccc(C[N+]2(OC(=O)C(F)(F)F)C(=O)CN(C(=O)c3ccc(Cl)cc3)Cc3c(Cl)cccc32)cc1. The molecular weight excluding hydrogens is 608 g/mol. The van der Waals surface area contributed by atoms with Crippen molar-refractivity contribution in [2.24, 2.45) is 0 Å². The molecule has 0 bridgehead atoms. The standard InChI is InChI=1S/C30H27Cl2F3N4O4/c1-36-14-15-37(2)27(36)20-8-6-19(7-9-20)18-39(43-29(42)30(33,34)35)25-5-3-4-24(32)23(25)16-38(17-26(39)40)28(41)21-10-12-22(31)13-11-21/h3-13H,14-18H2,1-2H3/q+2. The van der Waals surface area contributed by atoms with E-state index in [2.05, 4.69) is 9.48 Å². The number of amidine groups is 1. The van der Waals surface area contributed by atoms with Gasteiger partial charge in [-0.15, -0.1) is 0 Å². The van der Waals surface area contributed by atoms with E-state index in [1.165, 1.54) is 42.5 Å². The molecule has 224 valence electrons. The molecule has 0 aromatic heterocycles. The fraction of sp³-hybridized carbons (Fsp3) is 0.267. The number of amides is 2. The first-order chi connectivity index (χ1) is 20.3. The second kappa shape index (κ2) is 11.6. The van der Waals surface area contributed by atoms with Crippen LogP contribution in [0.5, 0.6) is 0 Å². The quantitative estimate of drug-likeness (QED) is 0.291. The predicted molar refractivity (Wildman–Crippen MR) is 155 cm³/mol. The van der Waals surface area contributed by atoms with E-state index in [1.807, 2.05) is 14.1 Å². The Morgan fingerprint density at radius 1 is 1.00 bits per heavy atom. The Kier molecular flexibility index (Phi) is 8.26. The normalized spacial score (nSPS) is 18.9. The summed E-state index contributed by atoms with van der Waals surface area (Å²) in [6.07, 6.45) is -5.40. The highest BCUT2D eigenvalue weighted by molar-refractivity contribution is 6.32. The Hall–Kier alpha value is -3.93. The highest BCUT2D eigenvalue weighted by atomic mass is 35.5. The predicted octanol–water partition coefficient (Wildman–Crippen LogP) is 5.04. The summed E-state index contributed by atoms with van der Waals surface area (Å²) in [5.41, 5.74) is 1.59. The second-order valence-electron chi connectivity index (χ2n) is 10.4. The van der Waals surface area contributed by atoms with Crippen molar-refractivity contribution in [3.63, 3.8) is 0 Å². The molecule has 2 heterocycles. The van der Waals surface area contributed by atoms with Crippen LogP contribution in [0.15, 0.2) is 66.7 Å². The number of benzene rings is 3. The van der Waals surface area contributed by atoms with Gasteiger partial charge in [0.05, 0.1) is 36.8 Å². The topological polar surface area (TPSA) is 69.9 Å². The molecule has 0 fully saturated rings. The Morgan fingerprint density at radius 3 is 2.28 bits per heavy atom. The summed E-state index contributed by atoms with van der Waals surface area (Å²) >= 11 is 12.5. The van der Waals surface area contributed by atoms with Crippen LogP contribution in [0.2, 0.25) is 10.0 Å². The molecule has 3 aromatic carbocycles. The van der Waals surface area contributed by atoms with Crippen molar-refractivity contribution < 1.29 is 37.0 Å². The molecule has 1 unspecified atom stereocenters. The number of nitrogens with zero attached hydrogens (tertiary/aromatic N) is 4. The van der Waals surface area contributed by atoms with Gasteiger partial charge in [0.1, 0.15) is 19.6 Å². The van der Waals surface area contributed by atoms with Gasteiger partial charge in [-0.1, -0.05) is 41.4 Å². The van der Waals surface area contributed by atoms with Crippen LogP contribution in [0.25, 0.3) is 0 Å². The molecule has 0 aliphatic carbocycles. The van der Waals surface area contributed by atoms with Crippen molar-refractivity contribution in [1.29, 1.82) is 0 Å². The molecule has 0 radical (unpaired) electrons. The third-order valence-electron chi connectivity index (χ3n) is 7.52. The smallest absolute Gasteiger partial charge is 0.320 e. The van der Waals surface area contributed by atoms with Gasteiger partial charge < -0.3 is 4.90 Å². The summed E-state index contributed by atoms with van der Waals surface area (Å²) < 4.78 is 41.5. The molecule has 3 aromatic rings. The fourth-order valence-corrected chi connectivity index (χ4v) is 5.73. The number of carbonyl (C=O) groups is 3. The zero-order chi connectivity index (χ0) is 31.1.